The van der Waals surface area contributed by atoms with Crippen molar-refractivity contribution in [3.63, 3.8) is 0 Å². The van der Waals surface area contributed by atoms with Crippen molar-refractivity contribution in [3.05, 3.63) is 84.4 Å². The molecule has 0 atom stereocenters. The molecule has 0 saturated heterocycles. The lowest BCUT2D eigenvalue weighted by atomic mass is 10.2. The van der Waals surface area contributed by atoms with Gasteiger partial charge in [0.15, 0.2) is 0 Å². The maximum atomic E-state index is 12.0. The van der Waals surface area contributed by atoms with E-state index in [0.717, 1.165) is 17.2 Å². The molecule has 27 heavy (non-hydrogen) atoms. The number of benzene rings is 3. The van der Waals surface area contributed by atoms with Gasteiger partial charge in [0.25, 0.3) is 0 Å². The highest BCUT2D eigenvalue weighted by Crippen LogP contribution is 2.22. The molecular formula is C22H19N3O2. The first-order valence-electron chi connectivity index (χ1n) is 8.60. The van der Waals surface area contributed by atoms with Gasteiger partial charge in [0.05, 0.1) is 11.3 Å². The van der Waals surface area contributed by atoms with Crippen LogP contribution < -0.4 is 15.4 Å². The lowest BCUT2D eigenvalue weighted by molar-refractivity contribution is -0.115. The zero-order valence-corrected chi connectivity index (χ0v) is 14.7. The van der Waals surface area contributed by atoms with Crippen molar-refractivity contribution >= 4 is 17.3 Å². The van der Waals surface area contributed by atoms with Crippen molar-refractivity contribution in [3.8, 4) is 17.6 Å². The quantitative estimate of drug-likeness (QED) is 0.637. The first-order valence-corrected chi connectivity index (χ1v) is 8.60. The Morgan fingerprint density at radius 1 is 0.889 bits per heavy atom. The molecule has 0 saturated carbocycles. The smallest absolute Gasteiger partial charge is 0.226 e. The van der Waals surface area contributed by atoms with Crippen LogP contribution in [-0.4, -0.2) is 12.5 Å². The summed E-state index contributed by atoms with van der Waals surface area (Å²) in [5, 5.41) is 15.0. The summed E-state index contributed by atoms with van der Waals surface area (Å²) in [5.41, 5.74) is 1.89. The van der Waals surface area contributed by atoms with Gasteiger partial charge < -0.3 is 15.4 Å². The zero-order valence-electron chi connectivity index (χ0n) is 14.7. The molecule has 3 aromatic rings. The molecule has 0 aromatic heterocycles. The Bertz CT molecular complexity index is 932. The van der Waals surface area contributed by atoms with Gasteiger partial charge in [-0.15, -0.1) is 0 Å². The second kappa shape index (κ2) is 9.07. The third-order valence-electron chi connectivity index (χ3n) is 3.84. The fourth-order valence-corrected chi connectivity index (χ4v) is 2.49. The van der Waals surface area contributed by atoms with Gasteiger partial charge in [-0.1, -0.05) is 30.3 Å². The number of anilines is 2. The van der Waals surface area contributed by atoms with E-state index in [0.29, 0.717) is 24.2 Å². The van der Waals surface area contributed by atoms with Crippen LogP contribution >= 0.6 is 0 Å². The van der Waals surface area contributed by atoms with Crippen LogP contribution in [0.1, 0.15) is 12.0 Å². The van der Waals surface area contributed by atoms with Crippen LogP contribution in [0.25, 0.3) is 0 Å². The predicted octanol–water partition coefficient (Wildman–Crippen LogP) is 4.79. The van der Waals surface area contributed by atoms with E-state index in [2.05, 4.69) is 16.7 Å². The van der Waals surface area contributed by atoms with Crippen LogP contribution in [0, 0.1) is 11.3 Å². The number of nitriles is 1. The van der Waals surface area contributed by atoms with E-state index in [4.69, 9.17) is 10.00 Å². The molecule has 134 valence electrons. The SMILES string of the molecule is N#Cc1ccccc1NC(=O)CCNc1ccc(Oc2ccccc2)cc1. The standard InChI is InChI=1S/C22H19N3O2/c23-16-17-6-4-5-9-21(17)25-22(26)14-15-24-18-10-12-20(13-11-18)27-19-7-2-1-3-8-19/h1-13,24H,14-15H2,(H,25,26). The van der Waals surface area contributed by atoms with Crippen molar-refractivity contribution in [2.75, 3.05) is 17.2 Å². The number of carbonyl (C=O) groups excluding carboxylic acids is 1. The van der Waals surface area contributed by atoms with Crippen LogP contribution in [0.15, 0.2) is 78.9 Å². The third kappa shape index (κ3) is 5.35. The first kappa shape index (κ1) is 18.0. The zero-order chi connectivity index (χ0) is 18.9. The monoisotopic (exact) mass is 357 g/mol. The second-order valence-electron chi connectivity index (χ2n) is 5.82. The molecule has 0 radical (unpaired) electrons. The molecule has 3 rings (SSSR count). The number of rotatable bonds is 7. The fraction of sp³-hybridized carbons (Fsp3) is 0.0909. The lowest BCUT2D eigenvalue weighted by Gasteiger charge is -2.10. The van der Waals surface area contributed by atoms with E-state index in [1.54, 1.807) is 24.3 Å². The molecule has 0 heterocycles. The summed E-state index contributed by atoms with van der Waals surface area (Å²) >= 11 is 0. The molecule has 3 aromatic carbocycles. The van der Waals surface area contributed by atoms with Crippen molar-refractivity contribution in [1.29, 1.82) is 5.26 Å². The van der Waals surface area contributed by atoms with E-state index in [1.807, 2.05) is 54.6 Å². The van der Waals surface area contributed by atoms with Crippen molar-refractivity contribution in [2.45, 2.75) is 6.42 Å². The van der Waals surface area contributed by atoms with Gasteiger partial charge in [-0.25, -0.2) is 0 Å². The Morgan fingerprint density at radius 3 is 2.30 bits per heavy atom. The third-order valence-corrected chi connectivity index (χ3v) is 3.84. The van der Waals surface area contributed by atoms with E-state index in [9.17, 15) is 4.79 Å². The number of carbonyl (C=O) groups is 1. The highest BCUT2D eigenvalue weighted by Gasteiger charge is 2.06. The Balaban J connectivity index is 1.46. The summed E-state index contributed by atoms with van der Waals surface area (Å²) < 4.78 is 5.75. The Morgan fingerprint density at radius 2 is 1.56 bits per heavy atom. The highest BCUT2D eigenvalue weighted by molar-refractivity contribution is 5.92. The normalized spacial score (nSPS) is 9.89. The van der Waals surface area contributed by atoms with Crippen LogP contribution in [0.3, 0.4) is 0 Å². The molecule has 5 heteroatoms. The lowest BCUT2D eigenvalue weighted by Crippen LogP contribution is -2.16. The van der Waals surface area contributed by atoms with Gasteiger partial charge in [0.1, 0.15) is 17.6 Å². The van der Waals surface area contributed by atoms with Gasteiger partial charge in [-0.05, 0) is 48.5 Å². The number of nitrogens with zero attached hydrogens (tertiary/aromatic N) is 1. The summed E-state index contributed by atoms with van der Waals surface area (Å²) in [6, 6.07) is 26.1. The first-order chi connectivity index (χ1) is 13.2. The molecule has 0 aliphatic carbocycles. The van der Waals surface area contributed by atoms with Crippen molar-refractivity contribution in [2.24, 2.45) is 0 Å². The number of nitrogens with one attached hydrogen (secondary N) is 2. The Kier molecular flexibility index (Phi) is 6.05. The number of amides is 1. The average Bonchev–Trinajstić information content (AvgIpc) is 2.70. The molecule has 2 N–H and O–H groups in total. The molecule has 0 fully saturated rings. The van der Waals surface area contributed by atoms with Crippen molar-refractivity contribution < 1.29 is 9.53 Å². The summed E-state index contributed by atoms with van der Waals surface area (Å²) in [6.07, 6.45) is 0.294. The molecule has 0 aliphatic rings. The number of para-hydroxylation sites is 2. The largest absolute Gasteiger partial charge is 0.457 e. The van der Waals surface area contributed by atoms with E-state index < -0.39 is 0 Å². The van der Waals surface area contributed by atoms with E-state index in [1.165, 1.54) is 0 Å². The molecule has 0 unspecified atom stereocenters. The van der Waals surface area contributed by atoms with Crippen LogP contribution in [0.4, 0.5) is 11.4 Å². The minimum absolute atomic E-state index is 0.144. The van der Waals surface area contributed by atoms with Gasteiger partial charge in [0.2, 0.25) is 5.91 Å². The van der Waals surface area contributed by atoms with E-state index >= 15 is 0 Å². The predicted molar refractivity (Wildman–Crippen MR) is 106 cm³/mol. The van der Waals surface area contributed by atoms with Crippen LogP contribution in [0.5, 0.6) is 11.5 Å². The van der Waals surface area contributed by atoms with Crippen LogP contribution in [0.2, 0.25) is 0 Å². The topological polar surface area (TPSA) is 74.2 Å². The highest BCUT2D eigenvalue weighted by atomic mass is 16.5. The summed E-state index contributed by atoms with van der Waals surface area (Å²) in [7, 11) is 0. The maximum absolute atomic E-state index is 12.0. The van der Waals surface area contributed by atoms with Gasteiger partial charge in [-0.3, -0.25) is 4.79 Å². The van der Waals surface area contributed by atoms with Crippen molar-refractivity contribution in [1.82, 2.24) is 0 Å². The number of hydrogen-bond donors (Lipinski definition) is 2. The molecule has 0 spiro atoms. The minimum Gasteiger partial charge on any atom is -0.457 e. The molecule has 1 amide bonds. The van der Waals surface area contributed by atoms with Crippen LogP contribution in [-0.2, 0) is 4.79 Å². The minimum atomic E-state index is -0.144. The fourth-order valence-electron chi connectivity index (χ4n) is 2.49. The summed E-state index contributed by atoms with van der Waals surface area (Å²) in [5.74, 6) is 1.39. The molecule has 5 nitrogen and oxygen atoms in total. The van der Waals surface area contributed by atoms with E-state index in [-0.39, 0.29) is 5.91 Å². The Hall–Kier alpha value is -3.78. The van der Waals surface area contributed by atoms with Gasteiger partial charge >= 0.3 is 0 Å². The average molecular weight is 357 g/mol. The number of ether oxygens (including phenoxy) is 1. The summed E-state index contributed by atoms with van der Waals surface area (Å²) in [6.45, 7) is 0.486. The maximum Gasteiger partial charge on any atom is 0.226 e. The van der Waals surface area contributed by atoms with Gasteiger partial charge in [-0.2, -0.15) is 5.26 Å². The van der Waals surface area contributed by atoms with Gasteiger partial charge in [0, 0.05) is 18.7 Å². The molecular weight excluding hydrogens is 338 g/mol. The Labute approximate surface area is 158 Å². The summed E-state index contributed by atoms with van der Waals surface area (Å²) in [4.78, 5) is 12.0. The second-order valence-corrected chi connectivity index (χ2v) is 5.82. The molecule has 0 bridgehead atoms. The molecule has 0 aliphatic heterocycles. The number of hydrogen-bond acceptors (Lipinski definition) is 4.